The van der Waals surface area contributed by atoms with E-state index >= 15 is 0 Å². The molecule has 7 heteroatoms. The molecule has 0 unspecified atom stereocenters. The lowest BCUT2D eigenvalue weighted by molar-refractivity contribution is -0.384. The van der Waals surface area contributed by atoms with Gasteiger partial charge in [-0.25, -0.2) is 0 Å². The van der Waals surface area contributed by atoms with Crippen LogP contribution in [0, 0.1) is 17.0 Å². The molecule has 0 radical (unpaired) electrons. The van der Waals surface area contributed by atoms with Crippen LogP contribution in [0.2, 0.25) is 0 Å². The van der Waals surface area contributed by atoms with Gasteiger partial charge in [0.15, 0.2) is 5.82 Å². The third kappa shape index (κ3) is 2.35. The fourth-order valence-electron chi connectivity index (χ4n) is 1.59. The minimum atomic E-state index is -0.434. The molecule has 2 rings (SSSR count). The van der Waals surface area contributed by atoms with Gasteiger partial charge in [0.2, 0.25) is 0 Å². The van der Waals surface area contributed by atoms with Crippen molar-refractivity contribution in [3.05, 3.63) is 39.7 Å². The molecule has 94 valence electrons. The van der Waals surface area contributed by atoms with Crippen molar-refractivity contribution in [3.63, 3.8) is 0 Å². The highest BCUT2D eigenvalue weighted by molar-refractivity contribution is 5.60. The van der Waals surface area contributed by atoms with Crippen LogP contribution in [0.1, 0.15) is 11.4 Å². The molecule has 0 atom stereocenters. The average Bonchev–Trinajstić information content (AvgIpc) is 2.77. The van der Waals surface area contributed by atoms with E-state index in [-0.39, 0.29) is 5.69 Å². The standard InChI is InChI=1S/C11H12N4O3/c1-7-5-8(15(16)17)3-4-9(7)11-13-10(6-12-2)14-18-11/h3-5,12H,6H2,1-2H3. The summed E-state index contributed by atoms with van der Waals surface area (Å²) in [5.74, 6) is 0.915. The third-order valence-corrected chi connectivity index (χ3v) is 2.45. The predicted octanol–water partition coefficient (Wildman–Crippen LogP) is 1.67. The van der Waals surface area contributed by atoms with E-state index in [2.05, 4.69) is 15.5 Å². The van der Waals surface area contributed by atoms with Gasteiger partial charge >= 0.3 is 0 Å². The highest BCUT2D eigenvalue weighted by atomic mass is 16.6. The Labute approximate surface area is 103 Å². The Bertz CT molecular complexity index is 579. The molecule has 1 heterocycles. The Morgan fingerprint density at radius 1 is 1.50 bits per heavy atom. The highest BCUT2D eigenvalue weighted by Crippen LogP contribution is 2.25. The van der Waals surface area contributed by atoms with E-state index < -0.39 is 4.92 Å². The van der Waals surface area contributed by atoms with Gasteiger partial charge in [0, 0.05) is 17.7 Å². The van der Waals surface area contributed by atoms with Gasteiger partial charge in [0.25, 0.3) is 11.6 Å². The lowest BCUT2D eigenvalue weighted by Gasteiger charge is -1.99. The van der Waals surface area contributed by atoms with Crippen molar-refractivity contribution in [1.29, 1.82) is 0 Å². The first-order valence-electron chi connectivity index (χ1n) is 5.34. The summed E-state index contributed by atoms with van der Waals surface area (Å²) in [6, 6.07) is 4.52. The molecule has 0 saturated heterocycles. The topological polar surface area (TPSA) is 94.1 Å². The zero-order valence-electron chi connectivity index (χ0n) is 10.0. The summed E-state index contributed by atoms with van der Waals surface area (Å²) in [7, 11) is 1.78. The summed E-state index contributed by atoms with van der Waals surface area (Å²) in [5, 5.41) is 17.3. The smallest absolute Gasteiger partial charge is 0.269 e. The Kier molecular flexibility index (Phi) is 3.33. The van der Waals surface area contributed by atoms with Crippen molar-refractivity contribution in [3.8, 4) is 11.5 Å². The zero-order chi connectivity index (χ0) is 13.1. The molecule has 0 saturated carbocycles. The quantitative estimate of drug-likeness (QED) is 0.653. The van der Waals surface area contributed by atoms with Crippen LogP contribution in [0.4, 0.5) is 5.69 Å². The molecule has 0 spiro atoms. The molecule has 0 fully saturated rings. The SMILES string of the molecule is CNCc1noc(-c2ccc([N+](=O)[O-])cc2C)n1. The Hall–Kier alpha value is -2.28. The van der Waals surface area contributed by atoms with Crippen molar-refractivity contribution in [2.45, 2.75) is 13.5 Å². The number of aromatic nitrogens is 2. The van der Waals surface area contributed by atoms with Crippen molar-refractivity contribution >= 4 is 5.69 Å². The number of nitrogens with zero attached hydrogens (tertiary/aromatic N) is 3. The van der Waals surface area contributed by atoms with Crippen LogP contribution in [0.3, 0.4) is 0 Å². The molecule has 0 bridgehead atoms. The van der Waals surface area contributed by atoms with E-state index in [9.17, 15) is 10.1 Å². The first kappa shape index (κ1) is 12.2. The summed E-state index contributed by atoms with van der Waals surface area (Å²) >= 11 is 0. The summed E-state index contributed by atoms with van der Waals surface area (Å²) in [6.07, 6.45) is 0. The van der Waals surface area contributed by atoms with Crippen LogP contribution in [-0.4, -0.2) is 22.1 Å². The summed E-state index contributed by atoms with van der Waals surface area (Å²) in [5.41, 5.74) is 1.48. The van der Waals surface area contributed by atoms with E-state index in [1.54, 1.807) is 20.0 Å². The van der Waals surface area contributed by atoms with Crippen LogP contribution in [0.5, 0.6) is 0 Å². The van der Waals surface area contributed by atoms with Crippen LogP contribution >= 0.6 is 0 Å². The van der Waals surface area contributed by atoms with E-state index in [1.807, 2.05) is 0 Å². The maximum Gasteiger partial charge on any atom is 0.269 e. The largest absolute Gasteiger partial charge is 0.334 e. The molecule has 2 aromatic rings. The van der Waals surface area contributed by atoms with Crippen molar-refractivity contribution < 1.29 is 9.45 Å². The maximum absolute atomic E-state index is 10.6. The number of hydrogen-bond acceptors (Lipinski definition) is 6. The molecular formula is C11H12N4O3. The molecule has 1 aromatic heterocycles. The molecule has 7 nitrogen and oxygen atoms in total. The van der Waals surface area contributed by atoms with Gasteiger partial charge in [0.1, 0.15) is 0 Å². The summed E-state index contributed by atoms with van der Waals surface area (Å²) < 4.78 is 5.11. The number of nitro benzene ring substituents is 1. The molecule has 0 amide bonds. The molecular weight excluding hydrogens is 236 g/mol. The second-order valence-electron chi connectivity index (χ2n) is 3.80. The second-order valence-corrected chi connectivity index (χ2v) is 3.80. The number of nitro groups is 1. The number of non-ortho nitro benzene ring substituents is 1. The van der Waals surface area contributed by atoms with Crippen molar-refractivity contribution in [2.24, 2.45) is 0 Å². The Morgan fingerprint density at radius 2 is 2.28 bits per heavy atom. The molecule has 0 aliphatic carbocycles. The van der Waals surface area contributed by atoms with E-state index in [0.29, 0.717) is 23.8 Å². The Morgan fingerprint density at radius 3 is 2.89 bits per heavy atom. The average molecular weight is 248 g/mol. The highest BCUT2D eigenvalue weighted by Gasteiger charge is 2.14. The lowest BCUT2D eigenvalue weighted by atomic mass is 10.1. The second kappa shape index (κ2) is 4.92. The van der Waals surface area contributed by atoms with Gasteiger partial charge in [-0.1, -0.05) is 5.16 Å². The van der Waals surface area contributed by atoms with Crippen molar-refractivity contribution in [2.75, 3.05) is 7.05 Å². The molecule has 1 N–H and O–H groups in total. The number of rotatable bonds is 4. The lowest BCUT2D eigenvalue weighted by Crippen LogP contribution is -2.06. The molecule has 1 aromatic carbocycles. The first-order chi connectivity index (χ1) is 8.61. The summed E-state index contributed by atoms with van der Waals surface area (Å²) in [4.78, 5) is 14.4. The predicted molar refractivity (Wildman–Crippen MR) is 63.9 cm³/mol. The van der Waals surface area contributed by atoms with E-state index in [1.165, 1.54) is 12.1 Å². The van der Waals surface area contributed by atoms with Gasteiger partial charge in [0.05, 0.1) is 11.5 Å². The monoisotopic (exact) mass is 248 g/mol. The van der Waals surface area contributed by atoms with E-state index in [4.69, 9.17) is 4.52 Å². The fraction of sp³-hybridized carbons (Fsp3) is 0.273. The van der Waals surface area contributed by atoms with Crippen LogP contribution < -0.4 is 5.32 Å². The number of benzene rings is 1. The Balaban J connectivity index is 2.35. The maximum atomic E-state index is 10.6. The van der Waals surface area contributed by atoms with Gasteiger partial charge in [-0.3, -0.25) is 10.1 Å². The first-order valence-corrected chi connectivity index (χ1v) is 5.34. The van der Waals surface area contributed by atoms with E-state index in [0.717, 1.165) is 5.56 Å². The van der Waals surface area contributed by atoms with Gasteiger partial charge in [-0.2, -0.15) is 4.98 Å². The minimum Gasteiger partial charge on any atom is -0.334 e. The van der Waals surface area contributed by atoms with Crippen LogP contribution in [0.25, 0.3) is 11.5 Å². The molecule has 0 aliphatic heterocycles. The van der Waals surface area contributed by atoms with Gasteiger partial charge < -0.3 is 9.84 Å². The van der Waals surface area contributed by atoms with Crippen LogP contribution in [0.15, 0.2) is 22.7 Å². The van der Waals surface area contributed by atoms with Gasteiger partial charge in [-0.05, 0) is 25.6 Å². The normalized spacial score (nSPS) is 10.6. The fourth-order valence-corrected chi connectivity index (χ4v) is 1.59. The summed E-state index contributed by atoms with van der Waals surface area (Å²) in [6.45, 7) is 2.28. The van der Waals surface area contributed by atoms with Crippen molar-refractivity contribution in [1.82, 2.24) is 15.5 Å². The zero-order valence-corrected chi connectivity index (χ0v) is 10.0. The number of aryl methyl sites for hydroxylation is 1. The number of nitrogens with one attached hydrogen (secondary N) is 1. The van der Waals surface area contributed by atoms with Gasteiger partial charge in [-0.15, -0.1) is 0 Å². The van der Waals surface area contributed by atoms with Crippen LogP contribution in [-0.2, 0) is 6.54 Å². The third-order valence-electron chi connectivity index (χ3n) is 2.45. The molecule has 18 heavy (non-hydrogen) atoms. The minimum absolute atomic E-state index is 0.0474. The number of hydrogen-bond donors (Lipinski definition) is 1. The molecule has 0 aliphatic rings.